The summed E-state index contributed by atoms with van der Waals surface area (Å²) in [7, 11) is 3.72. The number of aliphatic hydroxyl groups is 1. The van der Waals surface area contributed by atoms with Crippen LogP contribution in [0.1, 0.15) is 12.5 Å². The van der Waals surface area contributed by atoms with Gasteiger partial charge in [0.25, 0.3) is 0 Å². The van der Waals surface area contributed by atoms with Crippen LogP contribution in [-0.4, -0.2) is 48.7 Å². The molecule has 1 rings (SSSR count). The summed E-state index contributed by atoms with van der Waals surface area (Å²) in [5, 5.41) is 13.8. The summed E-state index contributed by atoms with van der Waals surface area (Å²) in [5.41, 5.74) is -0.319. The van der Waals surface area contributed by atoms with Gasteiger partial charge in [0.2, 0.25) is 5.91 Å². The van der Waals surface area contributed by atoms with Gasteiger partial charge < -0.3 is 15.3 Å². The maximum absolute atomic E-state index is 11.7. The van der Waals surface area contributed by atoms with Crippen LogP contribution < -0.4 is 5.32 Å². The Morgan fingerprint density at radius 3 is 2.71 bits per heavy atom. The van der Waals surface area contributed by atoms with Gasteiger partial charge in [0.15, 0.2) is 0 Å². The number of carbonyl (C=O) groups excluding carboxylic acids is 1. The molecule has 0 saturated heterocycles. The number of benzene rings is 1. The standard InChI is InChI=1S/C15H20Cl2N2O2/c1-15(21,10-19(2)3)9-18-14(20)7-4-11-8-12(16)5-6-13(11)17/h4-8,21H,9-10H2,1-3H3,(H,18,20)/b7-4+. The van der Waals surface area contributed by atoms with Gasteiger partial charge in [-0.2, -0.15) is 0 Å². The summed E-state index contributed by atoms with van der Waals surface area (Å²) in [6, 6.07) is 5.03. The zero-order chi connectivity index (χ0) is 16.0. The van der Waals surface area contributed by atoms with E-state index in [2.05, 4.69) is 5.32 Å². The first kappa shape index (κ1) is 18.0. The molecule has 1 aromatic rings. The summed E-state index contributed by atoms with van der Waals surface area (Å²) in [6.45, 7) is 2.29. The molecule has 0 fully saturated rings. The van der Waals surface area contributed by atoms with Crippen molar-refractivity contribution in [2.75, 3.05) is 27.2 Å². The molecule has 0 aliphatic heterocycles. The minimum absolute atomic E-state index is 0.164. The van der Waals surface area contributed by atoms with Gasteiger partial charge in [-0.05, 0) is 50.9 Å². The molecule has 1 amide bonds. The third-order valence-electron chi connectivity index (χ3n) is 2.67. The number of hydrogen-bond donors (Lipinski definition) is 2. The molecule has 21 heavy (non-hydrogen) atoms. The number of halogens is 2. The lowest BCUT2D eigenvalue weighted by molar-refractivity contribution is -0.117. The lowest BCUT2D eigenvalue weighted by atomic mass is 10.1. The van der Waals surface area contributed by atoms with Crippen LogP contribution in [0.25, 0.3) is 6.08 Å². The number of rotatable bonds is 6. The molecule has 0 radical (unpaired) electrons. The Morgan fingerprint density at radius 2 is 2.10 bits per heavy atom. The average molecular weight is 331 g/mol. The van der Waals surface area contributed by atoms with Gasteiger partial charge >= 0.3 is 0 Å². The van der Waals surface area contributed by atoms with Crippen LogP contribution in [0, 0.1) is 0 Å². The fraction of sp³-hybridized carbons (Fsp3) is 0.400. The van der Waals surface area contributed by atoms with Crippen molar-refractivity contribution in [1.82, 2.24) is 10.2 Å². The number of likely N-dealkylation sites (N-methyl/N-ethyl adjacent to an activating group) is 1. The average Bonchev–Trinajstić information content (AvgIpc) is 2.36. The molecule has 1 atom stereocenters. The Labute approximate surface area is 135 Å². The van der Waals surface area contributed by atoms with Crippen LogP contribution >= 0.6 is 23.2 Å². The van der Waals surface area contributed by atoms with E-state index in [0.29, 0.717) is 22.2 Å². The van der Waals surface area contributed by atoms with E-state index < -0.39 is 5.60 Å². The lowest BCUT2D eigenvalue weighted by Gasteiger charge is -2.26. The van der Waals surface area contributed by atoms with Crippen molar-refractivity contribution in [3.05, 3.63) is 39.9 Å². The molecule has 0 heterocycles. The smallest absolute Gasteiger partial charge is 0.244 e. The zero-order valence-electron chi connectivity index (χ0n) is 12.4. The molecule has 0 aliphatic rings. The summed E-state index contributed by atoms with van der Waals surface area (Å²) in [4.78, 5) is 13.6. The third-order valence-corrected chi connectivity index (χ3v) is 3.25. The van der Waals surface area contributed by atoms with E-state index in [1.54, 1.807) is 31.2 Å². The Balaban J connectivity index is 2.57. The highest BCUT2D eigenvalue weighted by Gasteiger charge is 2.21. The Bertz CT molecular complexity index is 528. The van der Waals surface area contributed by atoms with Crippen LogP contribution in [0.5, 0.6) is 0 Å². The van der Waals surface area contributed by atoms with Gasteiger partial charge in [0.1, 0.15) is 0 Å². The Kier molecular flexibility index (Phi) is 6.68. The molecular weight excluding hydrogens is 311 g/mol. The van der Waals surface area contributed by atoms with Crippen LogP contribution in [0.3, 0.4) is 0 Å². The van der Waals surface area contributed by atoms with Crippen molar-refractivity contribution in [3.8, 4) is 0 Å². The first-order chi connectivity index (χ1) is 9.69. The summed E-state index contributed by atoms with van der Waals surface area (Å²) < 4.78 is 0. The number of amides is 1. The predicted octanol–water partition coefficient (Wildman–Crippen LogP) is 2.44. The van der Waals surface area contributed by atoms with E-state index in [9.17, 15) is 9.90 Å². The van der Waals surface area contributed by atoms with Crippen LogP contribution in [-0.2, 0) is 4.79 Å². The van der Waals surface area contributed by atoms with Gasteiger partial charge in [-0.1, -0.05) is 23.2 Å². The maximum atomic E-state index is 11.7. The lowest BCUT2D eigenvalue weighted by Crippen LogP contribution is -2.46. The SMILES string of the molecule is CN(C)CC(C)(O)CNC(=O)/C=C/c1cc(Cl)ccc1Cl. The van der Waals surface area contributed by atoms with Crippen LogP contribution in [0.2, 0.25) is 10.0 Å². The van der Waals surface area contributed by atoms with E-state index in [0.717, 1.165) is 0 Å². The predicted molar refractivity (Wildman–Crippen MR) is 87.7 cm³/mol. The fourth-order valence-corrected chi connectivity index (χ4v) is 2.24. The van der Waals surface area contributed by atoms with Gasteiger partial charge in [0, 0.05) is 29.2 Å². The van der Waals surface area contributed by atoms with Crippen molar-refractivity contribution in [1.29, 1.82) is 0 Å². The normalized spacial score (nSPS) is 14.4. The third kappa shape index (κ3) is 6.96. The molecular formula is C15H20Cl2N2O2. The van der Waals surface area contributed by atoms with Crippen molar-refractivity contribution < 1.29 is 9.90 Å². The van der Waals surface area contributed by atoms with E-state index >= 15 is 0 Å². The quantitative estimate of drug-likeness (QED) is 0.787. The first-order valence-electron chi connectivity index (χ1n) is 6.48. The van der Waals surface area contributed by atoms with Gasteiger partial charge in [-0.25, -0.2) is 0 Å². The van der Waals surface area contributed by atoms with E-state index in [4.69, 9.17) is 23.2 Å². The van der Waals surface area contributed by atoms with E-state index in [1.165, 1.54) is 6.08 Å². The molecule has 6 heteroatoms. The molecule has 116 valence electrons. The Hall–Kier alpha value is -1.07. The second-order valence-corrected chi connectivity index (χ2v) is 6.30. The highest BCUT2D eigenvalue weighted by molar-refractivity contribution is 6.34. The molecule has 0 bridgehead atoms. The number of nitrogens with zero attached hydrogens (tertiary/aromatic N) is 1. The molecule has 1 unspecified atom stereocenters. The van der Waals surface area contributed by atoms with E-state index in [-0.39, 0.29) is 12.5 Å². The van der Waals surface area contributed by atoms with Gasteiger partial charge in [0.05, 0.1) is 5.60 Å². The highest BCUT2D eigenvalue weighted by Crippen LogP contribution is 2.21. The largest absolute Gasteiger partial charge is 0.387 e. The van der Waals surface area contributed by atoms with Gasteiger partial charge in [-0.3, -0.25) is 4.79 Å². The monoisotopic (exact) mass is 330 g/mol. The van der Waals surface area contributed by atoms with Gasteiger partial charge in [-0.15, -0.1) is 0 Å². The minimum Gasteiger partial charge on any atom is -0.387 e. The minimum atomic E-state index is -0.985. The summed E-state index contributed by atoms with van der Waals surface area (Å²) in [5.74, 6) is -0.301. The molecule has 0 aromatic heterocycles. The van der Waals surface area contributed by atoms with Crippen molar-refractivity contribution in [2.45, 2.75) is 12.5 Å². The zero-order valence-corrected chi connectivity index (χ0v) is 13.9. The number of hydrogen-bond acceptors (Lipinski definition) is 3. The van der Waals surface area contributed by atoms with Crippen LogP contribution in [0.15, 0.2) is 24.3 Å². The molecule has 4 nitrogen and oxygen atoms in total. The highest BCUT2D eigenvalue weighted by atomic mass is 35.5. The van der Waals surface area contributed by atoms with Crippen LogP contribution in [0.4, 0.5) is 0 Å². The fourth-order valence-electron chi connectivity index (χ4n) is 1.88. The summed E-state index contributed by atoms with van der Waals surface area (Å²) >= 11 is 11.9. The molecule has 0 aliphatic carbocycles. The topological polar surface area (TPSA) is 52.6 Å². The molecule has 2 N–H and O–H groups in total. The number of carbonyl (C=O) groups is 1. The summed E-state index contributed by atoms with van der Waals surface area (Å²) in [6.07, 6.45) is 2.95. The first-order valence-corrected chi connectivity index (χ1v) is 7.23. The van der Waals surface area contributed by atoms with Crippen molar-refractivity contribution in [3.63, 3.8) is 0 Å². The second-order valence-electron chi connectivity index (χ2n) is 5.45. The second kappa shape index (κ2) is 7.80. The van der Waals surface area contributed by atoms with Crippen molar-refractivity contribution >= 4 is 35.2 Å². The number of nitrogens with one attached hydrogen (secondary N) is 1. The molecule has 0 saturated carbocycles. The molecule has 0 spiro atoms. The molecule has 1 aromatic carbocycles. The maximum Gasteiger partial charge on any atom is 0.244 e. The van der Waals surface area contributed by atoms with E-state index in [1.807, 2.05) is 19.0 Å². The Morgan fingerprint density at radius 1 is 1.43 bits per heavy atom. The van der Waals surface area contributed by atoms with Crippen molar-refractivity contribution in [2.24, 2.45) is 0 Å².